The fourth-order valence-electron chi connectivity index (χ4n) is 1.26. The Kier molecular flexibility index (Phi) is 1.77. The molecule has 0 saturated heterocycles. The van der Waals surface area contributed by atoms with E-state index in [1.165, 1.54) is 4.68 Å². The normalized spacial score (nSPS) is 10.8. The molecule has 0 spiro atoms. The third-order valence-corrected chi connectivity index (χ3v) is 1.93. The molecule has 0 saturated carbocycles. The first kappa shape index (κ1) is 8.74. The van der Waals surface area contributed by atoms with Crippen LogP contribution in [0.3, 0.4) is 0 Å². The summed E-state index contributed by atoms with van der Waals surface area (Å²) in [5.74, 6) is 0.486. The third-order valence-electron chi connectivity index (χ3n) is 1.93. The van der Waals surface area contributed by atoms with Crippen LogP contribution in [0.15, 0.2) is 4.79 Å². The van der Waals surface area contributed by atoms with Gasteiger partial charge in [-0.05, 0) is 13.8 Å². The highest BCUT2D eigenvalue weighted by Gasteiger charge is 2.08. The Morgan fingerprint density at radius 1 is 1.21 bits per heavy atom. The summed E-state index contributed by atoms with van der Waals surface area (Å²) in [5.41, 5.74) is 0.967. The lowest BCUT2D eigenvalue weighted by atomic mass is 10.3. The lowest BCUT2D eigenvalue weighted by molar-refractivity contribution is 0.726. The van der Waals surface area contributed by atoms with E-state index in [0.717, 1.165) is 0 Å². The van der Waals surface area contributed by atoms with Crippen LogP contribution in [0.4, 0.5) is 0 Å². The van der Waals surface area contributed by atoms with Gasteiger partial charge in [0.2, 0.25) is 11.1 Å². The molecule has 0 radical (unpaired) electrons. The molecule has 0 bridgehead atoms. The molecule has 6 nitrogen and oxygen atoms in total. The number of nitrogens with zero attached hydrogens (tertiary/aromatic N) is 5. The van der Waals surface area contributed by atoms with Crippen molar-refractivity contribution in [1.82, 2.24) is 25.0 Å². The van der Waals surface area contributed by atoms with Gasteiger partial charge in [-0.1, -0.05) is 0 Å². The molecule has 2 aromatic heterocycles. The van der Waals surface area contributed by atoms with E-state index in [4.69, 9.17) is 0 Å². The molecule has 0 atom stereocenters. The van der Waals surface area contributed by atoms with Crippen molar-refractivity contribution in [1.29, 1.82) is 0 Å². The molecule has 0 unspecified atom stereocenters. The van der Waals surface area contributed by atoms with Gasteiger partial charge in [-0.15, -0.1) is 10.2 Å². The number of rotatable bonds is 0. The summed E-state index contributed by atoms with van der Waals surface area (Å²) < 4.78 is 1.51. The zero-order valence-electron chi connectivity index (χ0n) is 8.14. The number of aromatic nitrogens is 5. The number of hydrogen-bond donors (Lipinski definition) is 0. The highest BCUT2D eigenvalue weighted by atomic mass is 16.1. The van der Waals surface area contributed by atoms with Crippen molar-refractivity contribution in [2.75, 3.05) is 0 Å². The van der Waals surface area contributed by atoms with E-state index < -0.39 is 0 Å². The zero-order valence-corrected chi connectivity index (χ0v) is 8.14. The minimum Gasteiger partial charge on any atom is -0.285 e. The summed E-state index contributed by atoms with van der Waals surface area (Å²) in [5, 5.41) is 11.6. The molecule has 0 N–H and O–H groups in total. The standard InChI is InChI=1S/C8H9N5O/c1-4-7(14)6-8(13(3)12-4)11-10-5(2)9-6/h1-3H3. The predicted octanol–water partition coefficient (Wildman–Crippen LogP) is -0.265. The van der Waals surface area contributed by atoms with Crippen LogP contribution in [0.5, 0.6) is 0 Å². The van der Waals surface area contributed by atoms with E-state index in [1.54, 1.807) is 20.9 Å². The molecule has 2 rings (SSSR count). The van der Waals surface area contributed by atoms with Gasteiger partial charge in [0.15, 0.2) is 5.52 Å². The number of fused-ring (bicyclic) bond motifs is 1. The smallest absolute Gasteiger partial charge is 0.231 e. The monoisotopic (exact) mass is 191 g/mol. The van der Waals surface area contributed by atoms with Crippen molar-refractivity contribution in [2.24, 2.45) is 7.05 Å². The van der Waals surface area contributed by atoms with Crippen LogP contribution in [0.25, 0.3) is 11.2 Å². The van der Waals surface area contributed by atoms with Crippen molar-refractivity contribution >= 4 is 11.2 Å². The van der Waals surface area contributed by atoms with Crippen molar-refractivity contribution in [3.63, 3.8) is 0 Å². The van der Waals surface area contributed by atoms with Crippen LogP contribution < -0.4 is 5.43 Å². The minimum atomic E-state index is -0.184. The number of aryl methyl sites for hydroxylation is 3. The Morgan fingerprint density at radius 2 is 1.93 bits per heavy atom. The Morgan fingerprint density at radius 3 is 2.64 bits per heavy atom. The molecule has 0 aromatic carbocycles. The molecular formula is C8H9N5O. The molecular weight excluding hydrogens is 182 g/mol. The van der Waals surface area contributed by atoms with E-state index in [2.05, 4.69) is 20.3 Å². The molecule has 0 fully saturated rings. The fourth-order valence-corrected chi connectivity index (χ4v) is 1.26. The second-order valence-corrected chi connectivity index (χ2v) is 3.07. The maximum atomic E-state index is 11.6. The van der Waals surface area contributed by atoms with Crippen molar-refractivity contribution in [3.8, 4) is 0 Å². The average Bonchev–Trinajstić information content (AvgIpc) is 2.14. The van der Waals surface area contributed by atoms with Gasteiger partial charge in [-0.3, -0.25) is 4.79 Å². The summed E-state index contributed by atoms with van der Waals surface area (Å²) in [7, 11) is 1.71. The maximum Gasteiger partial charge on any atom is 0.231 e. The zero-order chi connectivity index (χ0) is 10.3. The van der Waals surface area contributed by atoms with Gasteiger partial charge in [-0.2, -0.15) is 5.10 Å². The minimum absolute atomic E-state index is 0.184. The molecule has 0 aliphatic carbocycles. The van der Waals surface area contributed by atoms with Crippen molar-refractivity contribution in [2.45, 2.75) is 13.8 Å². The average molecular weight is 191 g/mol. The van der Waals surface area contributed by atoms with Gasteiger partial charge in [-0.25, -0.2) is 9.67 Å². The Hall–Kier alpha value is -1.85. The van der Waals surface area contributed by atoms with Crippen molar-refractivity contribution in [3.05, 3.63) is 21.7 Å². The van der Waals surface area contributed by atoms with Crippen LogP contribution in [0, 0.1) is 13.8 Å². The van der Waals surface area contributed by atoms with E-state index in [1.807, 2.05) is 0 Å². The van der Waals surface area contributed by atoms with E-state index in [-0.39, 0.29) is 5.43 Å². The summed E-state index contributed by atoms with van der Waals surface area (Å²) >= 11 is 0. The topological polar surface area (TPSA) is 73.6 Å². The Bertz CT molecular complexity index is 559. The molecule has 2 heterocycles. The van der Waals surface area contributed by atoms with Gasteiger partial charge >= 0.3 is 0 Å². The highest BCUT2D eigenvalue weighted by Crippen LogP contribution is 2.00. The third kappa shape index (κ3) is 1.15. The molecule has 0 aliphatic rings. The summed E-state index contributed by atoms with van der Waals surface area (Å²) in [6.45, 7) is 3.35. The van der Waals surface area contributed by atoms with Gasteiger partial charge in [0.25, 0.3) is 0 Å². The quantitative estimate of drug-likeness (QED) is 0.573. The van der Waals surface area contributed by atoms with Gasteiger partial charge in [0.1, 0.15) is 11.5 Å². The molecule has 0 aliphatic heterocycles. The van der Waals surface area contributed by atoms with Crippen LogP contribution in [0.1, 0.15) is 11.5 Å². The number of hydrogen-bond acceptors (Lipinski definition) is 5. The highest BCUT2D eigenvalue weighted by molar-refractivity contribution is 5.68. The fraction of sp³-hybridized carbons (Fsp3) is 0.375. The second-order valence-electron chi connectivity index (χ2n) is 3.07. The van der Waals surface area contributed by atoms with Gasteiger partial charge in [0, 0.05) is 7.05 Å². The maximum absolute atomic E-state index is 11.6. The molecule has 2 aromatic rings. The Balaban J connectivity index is 3.03. The van der Waals surface area contributed by atoms with Gasteiger partial charge < -0.3 is 0 Å². The van der Waals surface area contributed by atoms with Gasteiger partial charge in [0.05, 0.1) is 0 Å². The van der Waals surface area contributed by atoms with E-state index >= 15 is 0 Å². The van der Waals surface area contributed by atoms with Crippen LogP contribution in [-0.2, 0) is 7.05 Å². The molecule has 72 valence electrons. The van der Waals surface area contributed by atoms with Crippen LogP contribution in [0.2, 0.25) is 0 Å². The lowest BCUT2D eigenvalue weighted by Crippen LogP contribution is -2.18. The Labute approximate surface area is 79.6 Å². The molecule has 6 heteroatoms. The first-order valence-corrected chi connectivity index (χ1v) is 4.14. The first-order valence-electron chi connectivity index (χ1n) is 4.14. The SMILES string of the molecule is Cc1nnc2c(n1)c(=O)c(C)nn2C. The van der Waals surface area contributed by atoms with Crippen LogP contribution in [-0.4, -0.2) is 25.0 Å². The molecule has 14 heavy (non-hydrogen) atoms. The predicted molar refractivity (Wildman–Crippen MR) is 49.8 cm³/mol. The van der Waals surface area contributed by atoms with Crippen molar-refractivity contribution < 1.29 is 0 Å². The summed E-state index contributed by atoms with van der Waals surface area (Å²) in [6.07, 6.45) is 0. The van der Waals surface area contributed by atoms with E-state index in [0.29, 0.717) is 22.7 Å². The summed E-state index contributed by atoms with van der Waals surface area (Å²) in [4.78, 5) is 15.7. The largest absolute Gasteiger partial charge is 0.285 e. The first-order chi connectivity index (χ1) is 6.59. The lowest BCUT2D eigenvalue weighted by Gasteiger charge is -2.02. The summed E-state index contributed by atoms with van der Waals surface area (Å²) in [6, 6.07) is 0. The van der Waals surface area contributed by atoms with E-state index in [9.17, 15) is 4.79 Å². The second kappa shape index (κ2) is 2.83. The van der Waals surface area contributed by atoms with Crippen LogP contribution >= 0.6 is 0 Å². The molecule has 0 amide bonds.